The van der Waals surface area contributed by atoms with Crippen molar-refractivity contribution < 1.29 is 19.4 Å². The Morgan fingerprint density at radius 3 is 2.75 bits per heavy atom. The summed E-state index contributed by atoms with van der Waals surface area (Å²) in [5.41, 5.74) is -0.590. The minimum Gasteiger partial charge on any atom is -0.481 e. The number of urea groups is 1. The zero-order valence-corrected chi connectivity index (χ0v) is 12.5. The highest BCUT2D eigenvalue weighted by atomic mass is 32.1. The van der Waals surface area contributed by atoms with E-state index >= 15 is 0 Å². The number of hydrogen-bond acceptors (Lipinski definition) is 5. The maximum absolute atomic E-state index is 11.8. The third kappa shape index (κ3) is 5.14. The van der Waals surface area contributed by atoms with Crippen LogP contribution in [-0.4, -0.2) is 41.8 Å². The smallest absolute Gasteiger partial charge is 0.315 e. The molecule has 1 aromatic rings. The molecule has 1 rings (SSSR count). The Balaban J connectivity index is 2.45. The molecule has 20 heavy (non-hydrogen) atoms. The summed E-state index contributed by atoms with van der Waals surface area (Å²) in [5.74, 6) is -0.970. The molecule has 1 heterocycles. The Kier molecular flexibility index (Phi) is 5.90. The number of amides is 2. The van der Waals surface area contributed by atoms with Crippen LogP contribution in [0.4, 0.5) is 4.79 Å². The van der Waals surface area contributed by atoms with Crippen LogP contribution in [0.5, 0.6) is 0 Å². The number of rotatable bonds is 7. The van der Waals surface area contributed by atoms with Gasteiger partial charge in [-0.25, -0.2) is 9.78 Å². The topological polar surface area (TPSA) is 101 Å². The van der Waals surface area contributed by atoms with E-state index in [1.165, 1.54) is 18.4 Å². The molecule has 1 aromatic heterocycles. The maximum atomic E-state index is 11.8. The number of carboxylic acid groups (broad SMARTS) is 1. The predicted octanol–water partition coefficient (Wildman–Crippen LogP) is 1.17. The number of thiazole rings is 1. The highest BCUT2D eigenvalue weighted by Crippen LogP contribution is 2.21. The minimum atomic E-state index is -0.970. The van der Waals surface area contributed by atoms with Gasteiger partial charge in [-0.15, -0.1) is 11.3 Å². The highest BCUT2D eigenvalue weighted by Gasteiger charge is 2.25. The summed E-state index contributed by atoms with van der Waals surface area (Å²) in [4.78, 5) is 26.6. The lowest BCUT2D eigenvalue weighted by Gasteiger charge is -2.24. The maximum Gasteiger partial charge on any atom is 0.315 e. The number of nitrogens with one attached hydrogen (secondary N) is 2. The van der Waals surface area contributed by atoms with Gasteiger partial charge in [0, 0.05) is 25.2 Å². The number of carbonyl (C=O) groups excluding carboxylic acids is 1. The van der Waals surface area contributed by atoms with Gasteiger partial charge in [-0.3, -0.25) is 4.79 Å². The van der Waals surface area contributed by atoms with Gasteiger partial charge < -0.3 is 20.5 Å². The van der Waals surface area contributed by atoms with Gasteiger partial charge in [0.2, 0.25) is 0 Å². The number of aromatic nitrogens is 1. The number of hydrogen-bond donors (Lipinski definition) is 3. The van der Waals surface area contributed by atoms with Crippen molar-refractivity contribution in [2.24, 2.45) is 0 Å². The van der Waals surface area contributed by atoms with E-state index < -0.39 is 23.6 Å². The van der Waals surface area contributed by atoms with E-state index in [0.29, 0.717) is 0 Å². The quantitative estimate of drug-likeness (QED) is 0.702. The molecule has 7 nitrogen and oxygen atoms in total. The molecule has 8 heteroatoms. The number of carboxylic acids is 1. The monoisotopic (exact) mass is 301 g/mol. The van der Waals surface area contributed by atoms with Crippen molar-refractivity contribution >= 4 is 23.3 Å². The molecule has 2 amide bonds. The van der Waals surface area contributed by atoms with Crippen LogP contribution in [0.3, 0.4) is 0 Å². The van der Waals surface area contributed by atoms with Crippen LogP contribution in [0.2, 0.25) is 0 Å². The summed E-state index contributed by atoms with van der Waals surface area (Å²) >= 11 is 1.45. The normalized spacial score (nSPS) is 12.8. The fourth-order valence-electron chi connectivity index (χ4n) is 1.55. The second-order valence-electron chi connectivity index (χ2n) is 4.75. The zero-order valence-electron chi connectivity index (χ0n) is 11.7. The van der Waals surface area contributed by atoms with Crippen LogP contribution < -0.4 is 10.6 Å². The van der Waals surface area contributed by atoms with Crippen molar-refractivity contribution in [1.82, 2.24) is 15.6 Å². The molecule has 1 unspecified atom stereocenters. The van der Waals surface area contributed by atoms with Crippen LogP contribution >= 0.6 is 11.3 Å². The fourth-order valence-corrected chi connectivity index (χ4v) is 2.27. The van der Waals surface area contributed by atoms with E-state index in [4.69, 9.17) is 9.84 Å². The standard InChI is InChI=1S/C12H19N3O4S/c1-12(2,10-13-4-5-20-10)15-11(18)14-7-8(19-3)6-9(16)17/h4-5,8H,6-7H2,1-3H3,(H,16,17)(H2,14,15,18). The summed E-state index contributed by atoms with van der Waals surface area (Å²) in [6.45, 7) is 3.81. The van der Waals surface area contributed by atoms with Gasteiger partial charge >= 0.3 is 12.0 Å². The molecular weight excluding hydrogens is 282 g/mol. The SMILES string of the molecule is COC(CNC(=O)NC(C)(C)c1nccs1)CC(=O)O. The highest BCUT2D eigenvalue weighted by molar-refractivity contribution is 7.09. The summed E-state index contributed by atoms with van der Waals surface area (Å²) in [7, 11) is 1.41. The molecule has 0 aliphatic heterocycles. The van der Waals surface area contributed by atoms with Gasteiger partial charge in [0.05, 0.1) is 18.1 Å². The largest absolute Gasteiger partial charge is 0.481 e. The average Bonchev–Trinajstić information content (AvgIpc) is 2.87. The van der Waals surface area contributed by atoms with Crippen molar-refractivity contribution in [2.45, 2.75) is 31.9 Å². The molecule has 0 aliphatic carbocycles. The predicted molar refractivity (Wildman–Crippen MR) is 74.7 cm³/mol. The van der Waals surface area contributed by atoms with Crippen LogP contribution in [0.1, 0.15) is 25.3 Å². The zero-order chi connectivity index (χ0) is 15.2. The molecule has 0 saturated heterocycles. The van der Waals surface area contributed by atoms with Crippen molar-refractivity contribution in [2.75, 3.05) is 13.7 Å². The molecule has 0 bridgehead atoms. The second-order valence-corrected chi connectivity index (χ2v) is 5.65. The first-order chi connectivity index (χ1) is 9.35. The van der Waals surface area contributed by atoms with E-state index in [-0.39, 0.29) is 13.0 Å². The van der Waals surface area contributed by atoms with Crippen LogP contribution in [0.25, 0.3) is 0 Å². The lowest BCUT2D eigenvalue weighted by Crippen LogP contribution is -2.48. The van der Waals surface area contributed by atoms with E-state index in [1.54, 1.807) is 6.20 Å². The molecule has 0 saturated carbocycles. The summed E-state index contributed by atoms with van der Waals surface area (Å²) in [6.07, 6.45) is 0.961. The molecule has 3 N–H and O–H groups in total. The number of ether oxygens (including phenoxy) is 1. The Morgan fingerprint density at radius 1 is 1.55 bits per heavy atom. The summed E-state index contributed by atoms with van der Waals surface area (Å²) in [6, 6.07) is -0.391. The van der Waals surface area contributed by atoms with Gasteiger partial charge in [-0.1, -0.05) is 0 Å². The second kappa shape index (κ2) is 7.20. The van der Waals surface area contributed by atoms with E-state index in [2.05, 4.69) is 15.6 Å². The van der Waals surface area contributed by atoms with Gasteiger partial charge in [-0.05, 0) is 13.8 Å². The third-order valence-electron chi connectivity index (χ3n) is 2.62. The van der Waals surface area contributed by atoms with Crippen molar-refractivity contribution in [3.63, 3.8) is 0 Å². The Morgan fingerprint density at radius 2 is 2.25 bits per heavy atom. The number of aliphatic carboxylic acids is 1. The van der Waals surface area contributed by atoms with Crippen LogP contribution in [0, 0.1) is 0 Å². The third-order valence-corrected chi connectivity index (χ3v) is 3.72. The number of nitrogens with zero attached hydrogens (tertiary/aromatic N) is 1. The van der Waals surface area contributed by atoms with Crippen molar-refractivity contribution in [3.05, 3.63) is 16.6 Å². The molecule has 0 aromatic carbocycles. The molecule has 0 fully saturated rings. The number of carbonyl (C=O) groups is 2. The Bertz CT molecular complexity index is 448. The van der Waals surface area contributed by atoms with E-state index in [9.17, 15) is 9.59 Å². The Hall–Kier alpha value is -1.67. The summed E-state index contributed by atoms with van der Waals surface area (Å²) in [5, 5.41) is 16.7. The van der Waals surface area contributed by atoms with Crippen LogP contribution in [0.15, 0.2) is 11.6 Å². The van der Waals surface area contributed by atoms with Crippen LogP contribution in [-0.2, 0) is 15.1 Å². The fraction of sp³-hybridized carbons (Fsp3) is 0.583. The molecular formula is C12H19N3O4S. The van der Waals surface area contributed by atoms with Crippen molar-refractivity contribution in [3.8, 4) is 0 Å². The molecule has 0 aliphatic rings. The van der Waals surface area contributed by atoms with Gasteiger partial charge in [0.25, 0.3) is 0 Å². The van der Waals surface area contributed by atoms with E-state index in [1.807, 2.05) is 19.2 Å². The first-order valence-corrected chi connectivity index (χ1v) is 6.93. The summed E-state index contributed by atoms with van der Waals surface area (Å²) < 4.78 is 4.98. The lowest BCUT2D eigenvalue weighted by atomic mass is 10.1. The van der Waals surface area contributed by atoms with Gasteiger partial charge in [-0.2, -0.15) is 0 Å². The molecule has 1 atom stereocenters. The Labute approximate surface area is 121 Å². The number of methoxy groups -OCH3 is 1. The molecule has 0 spiro atoms. The first-order valence-electron chi connectivity index (χ1n) is 6.05. The molecule has 112 valence electrons. The van der Waals surface area contributed by atoms with Crippen molar-refractivity contribution in [1.29, 1.82) is 0 Å². The minimum absolute atomic E-state index is 0.128. The van der Waals surface area contributed by atoms with E-state index in [0.717, 1.165) is 5.01 Å². The van der Waals surface area contributed by atoms with Gasteiger partial charge in [0.1, 0.15) is 5.01 Å². The molecule has 0 radical (unpaired) electrons. The first kappa shape index (κ1) is 16.4. The lowest BCUT2D eigenvalue weighted by molar-refractivity contribution is -0.139. The average molecular weight is 301 g/mol. The van der Waals surface area contributed by atoms with Gasteiger partial charge in [0.15, 0.2) is 0 Å².